The van der Waals surface area contributed by atoms with Gasteiger partial charge in [-0.15, -0.1) is 0 Å². The van der Waals surface area contributed by atoms with Crippen LogP contribution in [0.4, 0.5) is 5.69 Å². The van der Waals surface area contributed by atoms with Crippen molar-refractivity contribution in [3.05, 3.63) is 64.5 Å². The number of carboxylic acids is 1. The summed E-state index contributed by atoms with van der Waals surface area (Å²) in [5.74, 6) is -0.663. The van der Waals surface area contributed by atoms with Crippen molar-refractivity contribution in [3.63, 3.8) is 0 Å². The van der Waals surface area contributed by atoms with Gasteiger partial charge >= 0.3 is 5.97 Å². The molecule has 0 bridgehead atoms. The number of hydrogen-bond acceptors (Lipinski definition) is 4. The van der Waals surface area contributed by atoms with Gasteiger partial charge < -0.3 is 15.1 Å². The van der Waals surface area contributed by atoms with Gasteiger partial charge in [-0.25, -0.2) is 4.79 Å². The number of carbonyl (C=O) groups is 1. The van der Waals surface area contributed by atoms with Crippen LogP contribution in [0.1, 0.15) is 28.8 Å². The smallest absolute Gasteiger partial charge is 0.341 e. The van der Waals surface area contributed by atoms with Crippen molar-refractivity contribution < 1.29 is 15.0 Å². The molecule has 7 nitrogen and oxygen atoms in total. The zero-order chi connectivity index (χ0) is 19.7. The Hall–Kier alpha value is -2.58. The van der Waals surface area contributed by atoms with Crippen LogP contribution in [0, 0.1) is 0 Å². The maximum atomic E-state index is 11.8. The predicted molar refractivity (Wildman–Crippen MR) is 109 cm³/mol. The average Bonchev–Trinajstić information content (AvgIpc) is 3.26. The third kappa shape index (κ3) is 3.70. The lowest BCUT2D eigenvalue weighted by Gasteiger charge is -2.31. The van der Waals surface area contributed by atoms with Gasteiger partial charge in [0.25, 0.3) is 0 Å². The molecule has 0 unspecified atom stereocenters. The summed E-state index contributed by atoms with van der Waals surface area (Å²) in [4.78, 5) is 13.9. The highest BCUT2D eigenvalue weighted by molar-refractivity contribution is 9.10. The van der Waals surface area contributed by atoms with Gasteiger partial charge in [0, 0.05) is 25.5 Å². The fraction of sp³-hybridized carbons (Fsp3) is 0.300. The van der Waals surface area contributed by atoms with Gasteiger partial charge in [0.15, 0.2) is 5.82 Å². The molecule has 3 heterocycles. The molecular weight excluding hydrogens is 424 g/mol. The standard InChI is InChI=1S/C20H21BrN4O3/c21-18-17(23-9-4-7-15(26)12-23)8-10-25(18)19-16(20(27)28)13-24(22-19)11-14-5-2-1-3-6-14/h1-3,5-6,8,10,13,15,26H,4,7,9,11-12H2,(H,27,28)/t15-/m1/s1. The molecule has 1 fully saturated rings. The van der Waals surface area contributed by atoms with E-state index in [0.717, 1.165) is 35.2 Å². The second kappa shape index (κ2) is 7.81. The third-order valence-electron chi connectivity index (χ3n) is 4.93. The lowest BCUT2D eigenvalue weighted by Crippen LogP contribution is -2.38. The number of carboxylic acid groups (broad SMARTS) is 1. The molecule has 1 aromatic carbocycles. The van der Waals surface area contributed by atoms with Gasteiger partial charge in [0.2, 0.25) is 0 Å². The lowest BCUT2D eigenvalue weighted by molar-refractivity contribution is 0.0696. The first-order valence-electron chi connectivity index (χ1n) is 9.18. The second-order valence-electron chi connectivity index (χ2n) is 6.96. The molecule has 4 rings (SSSR count). The molecule has 1 saturated heterocycles. The maximum absolute atomic E-state index is 11.8. The monoisotopic (exact) mass is 444 g/mol. The summed E-state index contributed by atoms with van der Waals surface area (Å²) in [7, 11) is 0. The van der Waals surface area contributed by atoms with E-state index < -0.39 is 5.97 Å². The Morgan fingerprint density at radius 2 is 2.04 bits per heavy atom. The van der Waals surface area contributed by atoms with Crippen molar-refractivity contribution in [2.45, 2.75) is 25.5 Å². The van der Waals surface area contributed by atoms with Crippen LogP contribution in [0.25, 0.3) is 5.82 Å². The molecule has 8 heteroatoms. The van der Waals surface area contributed by atoms with E-state index >= 15 is 0 Å². The quantitative estimate of drug-likeness (QED) is 0.631. The number of aromatic nitrogens is 3. The van der Waals surface area contributed by atoms with Gasteiger partial charge in [-0.05, 0) is 40.4 Å². The molecule has 2 aromatic heterocycles. The van der Waals surface area contributed by atoms with Gasteiger partial charge in [0.1, 0.15) is 10.2 Å². The number of β-amino-alcohol motifs (C(OH)–C–C–N with tert-alkyl or cyclic N) is 1. The van der Waals surface area contributed by atoms with Crippen LogP contribution in [-0.4, -0.2) is 49.7 Å². The number of aliphatic hydroxyl groups is 1. The largest absolute Gasteiger partial charge is 0.477 e. The summed E-state index contributed by atoms with van der Waals surface area (Å²) < 4.78 is 4.11. The normalized spacial score (nSPS) is 17.1. The second-order valence-corrected chi connectivity index (χ2v) is 7.71. The number of anilines is 1. The number of piperidine rings is 1. The summed E-state index contributed by atoms with van der Waals surface area (Å²) in [6, 6.07) is 11.7. The van der Waals surface area contributed by atoms with E-state index in [-0.39, 0.29) is 11.7 Å². The summed E-state index contributed by atoms with van der Waals surface area (Å²) in [6.45, 7) is 1.91. The van der Waals surface area contributed by atoms with Crippen LogP contribution in [0.5, 0.6) is 0 Å². The lowest BCUT2D eigenvalue weighted by atomic mass is 10.1. The van der Waals surface area contributed by atoms with Crippen LogP contribution in [0.2, 0.25) is 0 Å². The van der Waals surface area contributed by atoms with Crippen molar-refractivity contribution in [3.8, 4) is 5.82 Å². The molecule has 2 N–H and O–H groups in total. The van der Waals surface area contributed by atoms with E-state index in [9.17, 15) is 15.0 Å². The van der Waals surface area contributed by atoms with Gasteiger partial charge in [0.05, 0.1) is 18.3 Å². The summed E-state index contributed by atoms with van der Waals surface area (Å²) >= 11 is 3.60. The van der Waals surface area contributed by atoms with Gasteiger partial charge in [-0.2, -0.15) is 5.10 Å². The summed E-state index contributed by atoms with van der Waals surface area (Å²) in [5.41, 5.74) is 2.10. The number of nitrogens with zero attached hydrogens (tertiary/aromatic N) is 4. The Kier molecular flexibility index (Phi) is 5.23. The molecule has 3 aromatic rings. The minimum Gasteiger partial charge on any atom is -0.477 e. The van der Waals surface area contributed by atoms with E-state index in [1.54, 1.807) is 15.4 Å². The van der Waals surface area contributed by atoms with Crippen molar-refractivity contribution in [1.29, 1.82) is 0 Å². The minimum atomic E-state index is -1.02. The summed E-state index contributed by atoms with van der Waals surface area (Å²) in [6.07, 6.45) is 4.75. The Bertz CT molecular complexity index is 983. The SMILES string of the molecule is O=C(O)c1cn(Cc2ccccc2)nc1-n1ccc(N2CCC[C@@H](O)C2)c1Br. The first kappa shape index (κ1) is 18.8. The van der Waals surface area contributed by atoms with Crippen molar-refractivity contribution >= 4 is 27.6 Å². The predicted octanol–water partition coefficient (Wildman–Crippen LogP) is 3.14. The molecule has 146 valence electrons. The van der Waals surface area contributed by atoms with Crippen LogP contribution in [0.15, 0.2) is 53.4 Å². The highest BCUT2D eigenvalue weighted by Gasteiger charge is 2.24. The third-order valence-corrected chi connectivity index (χ3v) is 5.72. The highest BCUT2D eigenvalue weighted by Crippen LogP contribution is 2.32. The van der Waals surface area contributed by atoms with E-state index in [4.69, 9.17) is 0 Å². The van der Waals surface area contributed by atoms with Crippen LogP contribution < -0.4 is 4.90 Å². The van der Waals surface area contributed by atoms with Gasteiger partial charge in [-0.3, -0.25) is 9.25 Å². The van der Waals surface area contributed by atoms with E-state index in [2.05, 4.69) is 25.9 Å². The number of rotatable bonds is 5. The molecule has 0 saturated carbocycles. The maximum Gasteiger partial charge on any atom is 0.341 e. The highest BCUT2D eigenvalue weighted by atomic mass is 79.9. The number of aliphatic hydroxyl groups excluding tert-OH is 1. The molecule has 0 aliphatic carbocycles. The van der Waals surface area contributed by atoms with E-state index in [1.807, 2.05) is 42.6 Å². The van der Waals surface area contributed by atoms with Crippen LogP contribution in [0.3, 0.4) is 0 Å². The minimum absolute atomic E-state index is 0.137. The number of benzene rings is 1. The topological polar surface area (TPSA) is 83.5 Å². The van der Waals surface area contributed by atoms with Crippen molar-refractivity contribution in [2.75, 3.05) is 18.0 Å². The Morgan fingerprint density at radius 3 is 2.75 bits per heavy atom. The fourth-order valence-corrected chi connectivity index (χ4v) is 4.24. The Morgan fingerprint density at radius 1 is 1.25 bits per heavy atom. The molecule has 1 atom stereocenters. The number of halogens is 1. The average molecular weight is 445 g/mol. The van der Waals surface area contributed by atoms with E-state index in [0.29, 0.717) is 18.9 Å². The molecule has 1 aliphatic heterocycles. The molecule has 0 radical (unpaired) electrons. The zero-order valence-electron chi connectivity index (χ0n) is 15.2. The molecule has 1 aliphatic rings. The molecule has 28 heavy (non-hydrogen) atoms. The number of aromatic carboxylic acids is 1. The first-order chi connectivity index (χ1) is 13.5. The molecule has 0 amide bonds. The Balaban J connectivity index is 1.68. The van der Waals surface area contributed by atoms with Crippen molar-refractivity contribution in [2.24, 2.45) is 0 Å². The van der Waals surface area contributed by atoms with E-state index in [1.165, 1.54) is 0 Å². The van der Waals surface area contributed by atoms with Gasteiger partial charge in [-0.1, -0.05) is 30.3 Å². The zero-order valence-corrected chi connectivity index (χ0v) is 16.8. The fourth-order valence-electron chi connectivity index (χ4n) is 3.57. The van der Waals surface area contributed by atoms with Crippen LogP contribution >= 0.6 is 15.9 Å². The Labute approximate surface area is 170 Å². The molecule has 0 spiro atoms. The van der Waals surface area contributed by atoms with Crippen LogP contribution in [-0.2, 0) is 6.54 Å². The van der Waals surface area contributed by atoms with Crippen molar-refractivity contribution in [1.82, 2.24) is 14.3 Å². The number of hydrogen-bond donors (Lipinski definition) is 2. The first-order valence-corrected chi connectivity index (χ1v) is 9.97. The molecular formula is C20H21BrN4O3. The summed E-state index contributed by atoms with van der Waals surface area (Å²) in [5, 5.41) is 24.2.